The van der Waals surface area contributed by atoms with Gasteiger partial charge in [-0.05, 0) is 42.7 Å². The van der Waals surface area contributed by atoms with Gasteiger partial charge in [0.1, 0.15) is 5.82 Å². The van der Waals surface area contributed by atoms with Crippen molar-refractivity contribution in [3.63, 3.8) is 0 Å². The lowest BCUT2D eigenvalue weighted by atomic mass is 9.95. The highest BCUT2D eigenvalue weighted by Gasteiger charge is 2.14. The van der Waals surface area contributed by atoms with Crippen LogP contribution in [-0.2, 0) is 6.42 Å². The zero-order valence-electron chi connectivity index (χ0n) is 10.8. The molecule has 0 spiro atoms. The van der Waals surface area contributed by atoms with Crippen LogP contribution in [0.4, 0.5) is 4.39 Å². The summed E-state index contributed by atoms with van der Waals surface area (Å²) in [6.07, 6.45) is 0.270. The Kier molecular flexibility index (Phi) is 4.15. The normalized spacial score (nSPS) is 10.5. The van der Waals surface area contributed by atoms with E-state index in [1.807, 2.05) is 32.0 Å². The molecule has 3 heteroatoms. The lowest BCUT2D eigenvalue weighted by Gasteiger charge is -2.09. The molecule has 0 saturated carbocycles. The lowest BCUT2D eigenvalue weighted by molar-refractivity contribution is 0.0991. The first kappa shape index (κ1) is 13.9. The molecule has 0 aliphatic heterocycles. The predicted octanol–water partition coefficient (Wildman–Crippen LogP) is 4.63. The van der Waals surface area contributed by atoms with Crippen molar-refractivity contribution in [1.82, 2.24) is 0 Å². The van der Waals surface area contributed by atoms with Crippen molar-refractivity contribution in [3.8, 4) is 0 Å². The van der Waals surface area contributed by atoms with Gasteiger partial charge in [-0.15, -0.1) is 0 Å². The van der Waals surface area contributed by atoms with Crippen LogP contribution < -0.4 is 0 Å². The minimum atomic E-state index is -0.310. The molecule has 2 aromatic rings. The third-order valence-corrected chi connectivity index (χ3v) is 3.86. The molecule has 0 bridgehead atoms. The maximum absolute atomic E-state index is 13.0. The number of hydrogen-bond acceptors (Lipinski definition) is 1. The highest BCUT2D eigenvalue weighted by atomic mass is 79.9. The number of carbonyl (C=O) groups is 1. The van der Waals surface area contributed by atoms with E-state index in [9.17, 15) is 9.18 Å². The summed E-state index contributed by atoms with van der Waals surface area (Å²) in [5.41, 5.74) is 3.51. The molecular weight excluding hydrogens is 307 g/mol. The zero-order valence-corrected chi connectivity index (χ0v) is 12.4. The quantitative estimate of drug-likeness (QED) is 0.753. The summed E-state index contributed by atoms with van der Waals surface area (Å²) in [5, 5.41) is 0. The molecule has 0 unspecified atom stereocenters. The van der Waals surface area contributed by atoms with Crippen LogP contribution in [0.15, 0.2) is 40.9 Å². The molecule has 0 N–H and O–H groups in total. The summed E-state index contributed by atoms with van der Waals surface area (Å²) >= 11 is 3.29. The number of ketones is 1. The van der Waals surface area contributed by atoms with Crippen molar-refractivity contribution < 1.29 is 9.18 Å². The van der Waals surface area contributed by atoms with Gasteiger partial charge in [-0.1, -0.05) is 40.2 Å². The van der Waals surface area contributed by atoms with E-state index >= 15 is 0 Å². The monoisotopic (exact) mass is 320 g/mol. The Hall–Kier alpha value is -1.48. The Balaban J connectivity index is 2.31. The second kappa shape index (κ2) is 5.66. The van der Waals surface area contributed by atoms with Crippen LogP contribution in [0.25, 0.3) is 0 Å². The Morgan fingerprint density at radius 2 is 1.79 bits per heavy atom. The third-order valence-electron chi connectivity index (χ3n) is 3.13. The number of Topliss-reactive ketones (excluding diaryl/α,β-unsaturated/α-hetero) is 1. The average Bonchev–Trinajstić information content (AvgIpc) is 2.32. The van der Waals surface area contributed by atoms with Gasteiger partial charge in [-0.25, -0.2) is 4.39 Å². The van der Waals surface area contributed by atoms with Crippen molar-refractivity contribution in [1.29, 1.82) is 0 Å². The second-order valence-electron chi connectivity index (χ2n) is 4.60. The van der Waals surface area contributed by atoms with Gasteiger partial charge in [0, 0.05) is 16.5 Å². The number of benzene rings is 2. The van der Waals surface area contributed by atoms with E-state index in [-0.39, 0.29) is 18.0 Å². The molecule has 0 atom stereocenters. The first-order valence-corrected chi connectivity index (χ1v) is 6.81. The van der Waals surface area contributed by atoms with Crippen molar-refractivity contribution in [2.24, 2.45) is 0 Å². The molecule has 0 aliphatic rings. The molecule has 2 rings (SSSR count). The molecule has 0 fully saturated rings. The van der Waals surface area contributed by atoms with Gasteiger partial charge >= 0.3 is 0 Å². The minimum Gasteiger partial charge on any atom is -0.294 e. The summed E-state index contributed by atoms with van der Waals surface area (Å²) in [6.45, 7) is 3.86. The molecule has 19 heavy (non-hydrogen) atoms. The predicted molar refractivity (Wildman–Crippen MR) is 78.1 cm³/mol. The van der Waals surface area contributed by atoms with Gasteiger partial charge in [-0.2, -0.15) is 0 Å². The van der Waals surface area contributed by atoms with Crippen LogP contribution in [0.5, 0.6) is 0 Å². The van der Waals surface area contributed by atoms with E-state index in [0.717, 1.165) is 22.3 Å². The van der Waals surface area contributed by atoms with E-state index in [0.29, 0.717) is 4.47 Å². The van der Waals surface area contributed by atoms with Crippen LogP contribution in [0, 0.1) is 19.7 Å². The zero-order chi connectivity index (χ0) is 14.0. The van der Waals surface area contributed by atoms with E-state index in [2.05, 4.69) is 15.9 Å². The highest BCUT2D eigenvalue weighted by Crippen LogP contribution is 2.22. The Morgan fingerprint density at radius 3 is 2.37 bits per heavy atom. The van der Waals surface area contributed by atoms with Crippen molar-refractivity contribution in [2.75, 3.05) is 0 Å². The summed E-state index contributed by atoms with van der Waals surface area (Å²) in [7, 11) is 0. The molecule has 0 radical (unpaired) electrons. The van der Waals surface area contributed by atoms with Crippen LogP contribution >= 0.6 is 15.9 Å². The number of rotatable bonds is 3. The van der Waals surface area contributed by atoms with E-state index in [1.54, 1.807) is 6.07 Å². The summed E-state index contributed by atoms with van der Waals surface area (Å²) in [6, 6.07) is 10.2. The maximum Gasteiger partial charge on any atom is 0.167 e. The van der Waals surface area contributed by atoms with Crippen LogP contribution in [0.3, 0.4) is 0 Å². The van der Waals surface area contributed by atoms with Gasteiger partial charge in [0.05, 0.1) is 0 Å². The molecule has 0 heterocycles. The van der Waals surface area contributed by atoms with Gasteiger partial charge in [0.15, 0.2) is 5.78 Å². The summed E-state index contributed by atoms with van der Waals surface area (Å²) in [4.78, 5) is 12.4. The first-order chi connectivity index (χ1) is 8.99. The number of halogens is 2. The van der Waals surface area contributed by atoms with Crippen molar-refractivity contribution in [3.05, 3.63) is 68.9 Å². The number of hydrogen-bond donors (Lipinski definition) is 0. The fourth-order valence-corrected chi connectivity index (χ4v) is 2.67. The van der Waals surface area contributed by atoms with Crippen LogP contribution in [-0.4, -0.2) is 5.78 Å². The van der Waals surface area contributed by atoms with E-state index in [1.165, 1.54) is 12.1 Å². The fraction of sp³-hybridized carbons (Fsp3) is 0.188. The van der Waals surface area contributed by atoms with Crippen LogP contribution in [0.1, 0.15) is 27.0 Å². The first-order valence-electron chi connectivity index (χ1n) is 6.02. The van der Waals surface area contributed by atoms with Crippen molar-refractivity contribution in [2.45, 2.75) is 20.3 Å². The van der Waals surface area contributed by atoms with E-state index in [4.69, 9.17) is 0 Å². The average molecular weight is 321 g/mol. The topological polar surface area (TPSA) is 17.1 Å². The molecule has 0 amide bonds. The standard InChI is InChI=1S/C16H14BrFO/c1-10-4-3-5-11(2)16(10)15(19)8-12-6-7-13(18)9-14(12)17/h3-7,9H,8H2,1-2H3. The molecule has 2 aromatic carbocycles. The van der Waals surface area contributed by atoms with Gasteiger partial charge in [-0.3, -0.25) is 4.79 Å². The van der Waals surface area contributed by atoms with Gasteiger partial charge < -0.3 is 0 Å². The van der Waals surface area contributed by atoms with Crippen LogP contribution in [0.2, 0.25) is 0 Å². The molecule has 0 saturated heterocycles. The fourth-order valence-electron chi connectivity index (χ4n) is 2.18. The van der Waals surface area contributed by atoms with Crippen molar-refractivity contribution >= 4 is 21.7 Å². The van der Waals surface area contributed by atoms with Gasteiger partial charge in [0.25, 0.3) is 0 Å². The SMILES string of the molecule is Cc1cccc(C)c1C(=O)Cc1ccc(F)cc1Br. The maximum atomic E-state index is 13.0. The number of aryl methyl sites for hydroxylation is 2. The Morgan fingerprint density at radius 1 is 1.16 bits per heavy atom. The second-order valence-corrected chi connectivity index (χ2v) is 5.46. The summed E-state index contributed by atoms with van der Waals surface area (Å²) < 4.78 is 13.7. The largest absolute Gasteiger partial charge is 0.294 e. The van der Waals surface area contributed by atoms with Gasteiger partial charge in [0.2, 0.25) is 0 Å². The third kappa shape index (κ3) is 3.10. The highest BCUT2D eigenvalue weighted by molar-refractivity contribution is 9.10. The van der Waals surface area contributed by atoms with E-state index < -0.39 is 0 Å². The number of carbonyl (C=O) groups excluding carboxylic acids is 1. The summed E-state index contributed by atoms with van der Waals surface area (Å²) in [5.74, 6) is -0.252. The Labute approximate surface area is 120 Å². The molecular formula is C16H14BrFO. The lowest BCUT2D eigenvalue weighted by Crippen LogP contribution is -2.08. The smallest absolute Gasteiger partial charge is 0.167 e. The molecule has 0 aromatic heterocycles. The minimum absolute atomic E-state index is 0.0582. The molecule has 98 valence electrons. The molecule has 1 nitrogen and oxygen atoms in total. The Bertz CT molecular complexity index is 614. The molecule has 0 aliphatic carbocycles.